The molecule has 0 aliphatic heterocycles. The van der Waals surface area contributed by atoms with Crippen molar-refractivity contribution in [1.82, 2.24) is 5.32 Å². The molecule has 2 aromatic carbocycles. The molecule has 2 aliphatic carbocycles. The Bertz CT molecular complexity index is 855. The smallest absolute Gasteiger partial charge is 0.307 e. The molecule has 3 unspecified atom stereocenters. The molecule has 2 fully saturated rings. The number of carbonyl (C=O) groups is 2. The number of carboxylic acids is 1. The highest BCUT2D eigenvalue weighted by molar-refractivity contribution is 5.85. The lowest BCUT2D eigenvalue weighted by Crippen LogP contribution is -2.37. The van der Waals surface area contributed by atoms with Gasteiger partial charge < -0.3 is 10.4 Å². The molecule has 1 amide bonds. The summed E-state index contributed by atoms with van der Waals surface area (Å²) in [7, 11) is 0. The van der Waals surface area contributed by atoms with Crippen molar-refractivity contribution >= 4 is 11.9 Å². The number of hydrogen-bond donors (Lipinski definition) is 2. The van der Waals surface area contributed by atoms with Crippen LogP contribution in [0.15, 0.2) is 54.6 Å². The van der Waals surface area contributed by atoms with Crippen molar-refractivity contribution in [3.63, 3.8) is 0 Å². The molecule has 0 aromatic heterocycles. The molecule has 4 rings (SSSR count). The van der Waals surface area contributed by atoms with E-state index in [0.29, 0.717) is 18.3 Å². The van der Waals surface area contributed by atoms with Gasteiger partial charge in [0.2, 0.25) is 5.91 Å². The van der Waals surface area contributed by atoms with E-state index in [2.05, 4.69) is 36.5 Å². The summed E-state index contributed by atoms with van der Waals surface area (Å²) >= 11 is 0. The van der Waals surface area contributed by atoms with Gasteiger partial charge in [0.25, 0.3) is 0 Å². The highest BCUT2D eigenvalue weighted by atomic mass is 16.4. The van der Waals surface area contributed by atoms with Crippen LogP contribution in [-0.4, -0.2) is 17.0 Å². The van der Waals surface area contributed by atoms with E-state index in [9.17, 15) is 14.7 Å². The first-order chi connectivity index (χ1) is 13.5. The van der Waals surface area contributed by atoms with Gasteiger partial charge in [-0.1, -0.05) is 67.9 Å². The Morgan fingerprint density at radius 1 is 0.964 bits per heavy atom. The average Bonchev–Trinajstić information content (AvgIpc) is 3.27. The molecule has 0 saturated heterocycles. The van der Waals surface area contributed by atoms with Crippen LogP contribution < -0.4 is 5.32 Å². The number of carboxylic acid groups (broad SMARTS) is 1. The third kappa shape index (κ3) is 3.68. The summed E-state index contributed by atoms with van der Waals surface area (Å²) < 4.78 is 0. The van der Waals surface area contributed by atoms with Gasteiger partial charge in [-0.15, -0.1) is 0 Å². The Balaban J connectivity index is 1.59. The van der Waals surface area contributed by atoms with Crippen LogP contribution in [0.1, 0.15) is 61.8 Å². The SMILES string of the molecule is CC1(c2ccc(C(NC(=O)C3CCCC3C(=O)O)c3ccccc3)cc2)CC1. The molecular formula is C24H27NO3. The van der Waals surface area contributed by atoms with Crippen LogP contribution in [0.5, 0.6) is 0 Å². The van der Waals surface area contributed by atoms with Gasteiger partial charge in [0.1, 0.15) is 0 Å². The first-order valence-corrected chi connectivity index (χ1v) is 10.2. The Morgan fingerprint density at radius 2 is 1.57 bits per heavy atom. The number of hydrogen-bond acceptors (Lipinski definition) is 2. The van der Waals surface area contributed by atoms with E-state index >= 15 is 0 Å². The molecule has 2 aromatic rings. The Kier molecular flexibility index (Phi) is 4.96. The summed E-state index contributed by atoms with van der Waals surface area (Å²) in [5, 5.41) is 12.6. The van der Waals surface area contributed by atoms with Crippen LogP contribution in [0.4, 0.5) is 0 Å². The fourth-order valence-corrected chi connectivity index (χ4v) is 4.38. The standard InChI is InChI=1S/C24H27NO3/c1-24(14-15-24)18-12-10-17(11-13-18)21(16-6-3-2-4-7-16)25-22(26)19-8-5-9-20(19)23(27)28/h2-4,6-7,10-13,19-21H,5,8-9,14-15H2,1H3,(H,25,26)(H,27,28). The highest BCUT2D eigenvalue weighted by Crippen LogP contribution is 2.47. The van der Waals surface area contributed by atoms with E-state index in [1.165, 1.54) is 18.4 Å². The predicted octanol–water partition coefficient (Wildman–Crippen LogP) is 4.44. The minimum absolute atomic E-state index is 0.156. The lowest BCUT2D eigenvalue weighted by Gasteiger charge is -2.24. The van der Waals surface area contributed by atoms with Gasteiger partial charge in [-0.2, -0.15) is 0 Å². The van der Waals surface area contributed by atoms with Gasteiger partial charge in [-0.25, -0.2) is 0 Å². The summed E-state index contributed by atoms with van der Waals surface area (Å²) in [5.41, 5.74) is 3.68. The van der Waals surface area contributed by atoms with Crippen LogP contribution >= 0.6 is 0 Å². The molecule has 4 heteroatoms. The quantitative estimate of drug-likeness (QED) is 0.782. The van der Waals surface area contributed by atoms with Crippen molar-refractivity contribution in [3.05, 3.63) is 71.3 Å². The second-order valence-corrected chi connectivity index (χ2v) is 8.52. The van der Waals surface area contributed by atoms with Crippen LogP contribution in [0.2, 0.25) is 0 Å². The number of carbonyl (C=O) groups excluding carboxylic acids is 1. The molecular weight excluding hydrogens is 350 g/mol. The third-order valence-electron chi connectivity index (χ3n) is 6.53. The van der Waals surface area contributed by atoms with Crippen LogP contribution in [0, 0.1) is 11.8 Å². The van der Waals surface area contributed by atoms with E-state index < -0.39 is 17.8 Å². The zero-order valence-corrected chi connectivity index (χ0v) is 16.2. The van der Waals surface area contributed by atoms with Crippen LogP contribution in [0.25, 0.3) is 0 Å². The number of amides is 1. The number of rotatable bonds is 6. The molecule has 28 heavy (non-hydrogen) atoms. The first-order valence-electron chi connectivity index (χ1n) is 10.2. The van der Waals surface area contributed by atoms with E-state index in [-0.39, 0.29) is 11.9 Å². The minimum Gasteiger partial charge on any atom is -0.481 e. The fourth-order valence-electron chi connectivity index (χ4n) is 4.38. The molecule has 2 N–H and O–H groups in total. The topological polar surface area (TPSA) is 66.4 Å². The lowest BCUT2D eigenvalue weighted by molar-refractivity contribution is -0.146. The Morgan fingerprint density at radius 3 is 2.18 bits per heavy atom. The Labute approximate surface area is 166 Å². The van der Waals surface area contributed by atoms with E-state index in [1.54, 1.807) is 0 Å². The van der Waals surface area contributed by atoms with Crippen LogP contribution in [-0.2, 0) is 15.0 Å². The number of aliphatic carboxylic acids is 1. The fraction of sp³-hybridized carbons (Fsp3) is 0.417. The number of benzene rings is 2. The second kappa shape index (κ2) is 7.42. The summed E-state index contributed by atoms with van der Waals surface area (Å²) in [5.74, 6) is -2.05. The lowest BCUT2D eigenvalue weighted by atomic mass is 9.91. The minimum atomic E-state index is -0.865. The molecule has 2 saturated carbocycles. The van der Waals surface area contributed by atoms with Gasteiger partial charge in [-0.3, -0.25) is 9.59 Å². The summed E-state index contributed by atoms with van der Waals surface area (Å²) in [6.45, 7) is 2.28. The molecule has 3 atom stereocenters. The van der Waals surface area contributed by atoms with Crippen molar-refractivity contribution < 1.29 is 14.7 Å². The van der Waals surface area contributed by atoms with Crippen molar-refractivity contribution in [2.75, 3.05) is 0 Å². The van der Waals surface area contributed by atoms with Gasteiger partial charge in [0.05, 0.1) is 17.9 Å². The maximum Gasteiger partial charge on any atom is 0.307 e. The monoisotopic (exact) mass is 377 g/mol. The maximum absolute atomic E-state index is 13.0. The zero-order chi connectivity index (χ0) is 19.7. The second-order valence-electron chi connectivity index (χ2n) is 8.52. The van der Waals surface area contributed by atoms with Crippen LogP contribution in [0.3, 0.4) is 0 Å². The Hall–Kier alpha value is -2.62. The molecule has 0 bridgehead atoms. The van der Waals surface area contributed by atoms with Gasteiger partial charge in [0.15, 0.2) is 0 Å². The molecule has 2 aliphatic rings. The van der Waals surface area contributed by atoms with Crippen molar-refractivity contribution in [1.29, 1.82) is 0 Å². The predicted molar refractivity (Wildman–Crippen MR) is 108 cm³/mol. The normalized spacial score (nSPS) is 23.8. The maximum atomic E-state index is 13.0. The molecule has 4 nitrogen and oxygen atoms in total. The van der Waals surface area contributed by atoms with Crippen molar-refractivity contribution in [2.45, 2.75) is 50.5 Å². The average molecular weight is 377 g/mol. The molecule has 0 radical (unpaired) electrons. The molecule has 0 spiro atoms. The largest absolute Gasteiger partial charge is 0.481 e. The summed E-state index contributed by atoms with van der Waals surface area (Å²) in [6.07, 6.45) is 4.46. The van der Waals surface area contributed by atoms with Gasteiger partial charge >= 0.3 is 5.97 Å². The van der Waals surface area contributed by atoms with Crippen molar-refractivity contribution in [2.24, 2.45) is 11.8 Å². The van der Waals surface area contributed by atoms with Crippen molar-refractivity contribution in [3.8, 4) is 0 Å². The summed E-state index contributed by atoms with van der Waals surface area (Å²) in [4.78, 5) is 24.5. The highest BCUT2D eigenvalue weighted by Gasteiger charge is 2.40. The van der Waals surface area contributed by atoms with E-state index in [4.69, 9.17) is 0 Å². The van der Waals surface area contributed by atoms with E-state index in [0.717, 1.165) is 17.5 Å². The molecule has 0 heterocycles. The summed E-state index contributed by atoms with van der Waals surface area (Å²) in [6, 6.07) is 18.1. The van der Waals surface area contributed by atoms with Gasteiger partial charge in [-0.05, 0) is 47.8 Å². The first kappa shape index (κ1) is 18.7. The zero-order valence-electron chi connectivity index (χ0n) is 16.2. The van der Waals surface area contributed by atoms with Gasteiger partial charge in [0, 0.05) is 0 Å². The molecule has 146 valence electrons. The van der Waals surface area contributed by atoms with E-state index in [1.807, 2.05) is 30.3 Å². The number of nitrogens with one attached hydrogen (secondary N) is 1. The third-order valence-corrected chi connectivity index (χ3v) is 6.53.